The van der Waals surface area contributed by atoms with Crippen LogP contribution in [-0.4, -0.2) is 32.8 Å². The maximum Gasteiger partial charge on any atom is 0.0632 e. The van der Waals surface area contributed by atoms with Gasteiger partial charge in [-0.1, -0.05) is 0 Å². The molecule has 0 aromatic carbocycles. The first kappa shape index (κ1) is 12.8. The van der Waals surface area contributed by atoms with Crippen molar-refractivity contribution >= 4 is 15.9 Å². The predicted molar refractivity (Wildman–Crippen MR) is 77.7 cm³/mol. The highest BCUT2D eigenvalue weighted by Gasteiger charge is 2.20. The summed E-state index contributed by atoms with van der Waals surface area (Å²) in [6.07, 6.45) is 10.00. The van der Waals surface area contributed by atoms with Gasteiger partial charge in [-0.05, 0) is 46.5 Å². The molecule has 0 atom stereocenters. The van der Waals surface area contributed by atoms with Gasteiger partial charge >= 0.3 is 0 Å². The molecule has 3 rings (SSSR count). The molecule has 0 bridgehead atoms. The summed E-state index contributed by atoms with van der Waals surface area (Å²) in [6.45, 7) is 3.28. The number of piperidine rings is 1. The Balaban J connectivity index is 1.55. The van der Waals surface area contributed by atoms with Gasteiger partial charge in [-0.3, -0.25) is 14.6 Å². The normalized spacial score (nSPS) is 17.7. The topological polar surface area (TPSA) is 34.0 Å². The molecule has 0 aliphatic carbocycles. The molecule has 0 radical (unpaired) electrons. The fourth-order valence-corrected chi connectivity index (χ4v) is 2.90. The van der Waals surface area contributed by atoms with Crippen molar-refractivity contribution in [3.63, 3.8) is 0 Å². The van der Waals surface area contributed by atoms with Crippen LogP contribution in [0.3, 0.4) is 0 Å². The highest BCUT2D eigenvalue weighted by Crippen LogP contribution is 2.24. The Labute approximate surface area is 121 Å². The number of likely N-dealkylation sites (tertiary alicyclic amines) is 1. The van der Waals surface area contributed by atoms with Crippen molar-refractivity contribution in [3.05, 3.63) is 47.0 Å². The standard InChI is InChI=1S/C14H17BrN4/c15-13-9-17-19(11-13)14-3-7-18(8-4-14)10-12-1-5-16-6-2-12/h1-2,5-6,9,11,14H,3-4,7-8,10H2. The summed E-state index contributed by atoms with van der Waals surface area (Å²) in [5, 5.41) is 4.39. The number of hydrogen-bond acceptors (Lipinski definition) is 3. The molecule has 0 amide bonds. The molecule has 0 spiro atoms. The monoisotopic (exact) mass is 320 g/mol. The summed E-state index contributed by atoms with van der Waals surface area (Å²) in [5.41, 5.74) is 1.34. The highest BCUT2D eigenvalue weighted by molar-refractivity contribution is 9.10. The van der Waals surface area contributed by atoms with Gasteiger partial charge in [0.25, 0.3) is 0 Å². The van der Waals surface area contributed by atoms with Gasteiger partial charge in [0.05, 0.1) is 16.7 Å². The van der Waals surface area contributed by atoms with E-state index in [0.717, 1.165) is 24.1 Å². The van der Waals surface area contributed by atoms with Crippen LogP contribution in [0, 0.1) is 0 Å². The maximum absolute atomic E-state index is 4.39. The zero-order valence-electron chi connectivity index (χ0n) is 10.7. The molecule has 0 saturated carbocycles. The summed E-state index contributed by atoms with van der Waals surface area (Å²) in [7, 11) is 0. The van der Waals surface area contributed by atoms with E-state index in [4.69, 9.17) is 0 Å². The Morgan fingerprint density at radius 1 is 1.21 bits per heavy atom. The van der Waals surface area contributed by atoms with Crippen molar-refractivity contribution in [3.8, 4) is 0 Å². The van der Waals surface area contributed by atoms with Crippen molar-refractivity contribution in [1.29, 1.82) is 0 Å². The van der Waals surface area contributed by atoms with Crippen molar-refractivity contribution in [1.82, 2.24) is 19.7 Å². The zero-order valence-corrected chi connectivity index (χ0v) is 12.3. The third-order valence-corrected chi connectivity index (χ3v) is 4.07. The molecule has 0 N–H and O–H groups in total. The molecule has 0 unspecified atom stereocenters. The molecule has 1 fully saturated rings. The van der Waals surface area contributed by atoms with E-state index in [2.05, 4.69) is 53.9 Å². The molecule has 2 aromatic rings. The van der Waals surface area contributed by atoms with Crippen molar-refractivity contribution in [2.24, 2.45) is 0 Å². The van der Waals surface area contributed by atoms with Gasteiger partial charge in [0.1, 0.15) is 0 Å². The third kappa shape index (κ3) is 3.22. The predicted octanol–water partition coefficient (Wildman–Crippen LogP) is 2.88. The quantitative estimate of drug-likeness (QED) is 0.872. The third-order valence-electron chi connectivity index (χ3n) is 3.66. The minimum absolute atomic E-state index is 0.542. The van der Waals surface area contributed by atoms with Gasteiger partial charge < -0.3 is 0 Å². The van der Waals surface area contributed by atoms with E-state index in [1.165, 1.54) is 18.4 Å². The lowest BCUT2D eigenvalue weighted by molar-refractivity contribution is 0.173. The van der Waals surface area contributed by atoms with Crippen LogP contribution in [0.5, 0.6) is 0 Å². The molecule has 1 saturated heterocycles. The number of aromatic nitrogens is 3. The molecule has 100 valence electrons. The first-order chi connectivity index (χ1) is 9.31. The van der Waals surface area contributed by atoms with Crippen LogP contribution >= 0.6 is 15.9 Å². The summed E-state index contributed by atoms with van der Waals surface area (Å²) in [5.74, 6) is 0. The average Bonchev–Trinajstić information content (AvgIpc) is 2.87. The van der Waals surface area contributed by atoms with Crippen LogP contribution in [0.15, 0.2) is 41.4 Å². The fraction of sp³-hybridized carbons (Fsp3) is 0.429. The van der Waals surface area contributed by atoms with Crippen LogP contribution in [0.1, 0.15) is 24.4 Å². The molecular weight excluding hydrogens is 304 g/mol. The van der Waals surface area contributed by atoms with Gasteiger partial charge in [0, 0.05) is 38.2 Å². The molecule has 2 aromatic heterocycles. The number of rotatable bonds is 3. The summed E-state index contributed by atoms with van der Waals surface area (Å²) in [4.78, 5) is 6.56. The van der Waals surface area contributed by atoms with Gasteiger partial charge in [0.2, 0.25) is 0 Å². The van der Waals surface area contributed by atoms with Crippen LogP contribution in [-0.2, 0) is 6.54 Å². The first-order valence-electron chi connectivity index (χ1n) is 6.62. The number of halogens is 1. The smallest absolute Gasteiger partial charge is 0.0632 e. The molecule has 4 nitrogen and oxygen atoms in total. The minimum Gasteiger partial charge on any atom is -0.299 e. The van der Waals surface area contributed by atoms with E-state index in [1.807, 2.05) is 18.6 Å². The second-order valence-electron chi connectivity index (χ2n) is 5.00. The van der Waals surface area contributed by atoms with Gasteiger partial charge in [-0.2, -0.15) is 5.10 Å². The second-order valence-corrected chi connectivity index (χ2v) is 5.92. The lowest BCUT2D eigenvalue weighted by atomic mass is 10.0. The largest absolute Gasteiger partial charge is 0.299 e. The van der Waals surface area contributed by atoms with E-state index >= 15 is 0 Å². The van der Waals surface area contributed by atoms with E-state index in [9.17, 15) is 0 Å². The van der Waals surface area contributed by atoms with Crippen molar-refractivity contribution in [2.45, 2.75) is 25.4 Å². The molecule has 5 heteroatoms. The first-order valence-corrected chi connectivity index (χ1v) is 7.41. The van der Waals surface area contributed by atoms with Gasteiger partial charge in [-0.25, -0.2) is 0 Å². The van der Waals surface area contributed by atoms with E-state index in [-0.39, 0.29) is 0 Å². The van der Waals surface area contributed by atoms with Gasteiger partial charge in [-0.15, -0.1) is 0 Å². The highest BCUT2D eigenvalue weighted by atomic mass is 79.9. The summed E-state index contributed by atoms with van der Waals surface area (Å²) < 4.78 is 3.15. The molecule has 1 aliphatic heterocycles. The molecule has 3 heterocycles. The fourth-order valence-electron chi connectivity index (χ4n) is 2.60. The van der Waals surface area contributed by atoms with Crippen LogP contribution in [0.4, 0.5) is 0 Å². The van der Waals surface area contributed by atoms with E-state index in [0.29, 0.717) is 6.04 Å². The molecule has 1 aliphatic rings. The van der Waals surface area contributed by atoms with Crippen LogP contribution < -0.4 is 0 Å². The van der Waals surface area contributed by atoms with Crippen LogP contribution in [0.2, 0.25) is 0 Å². The lowest BCUT2D eigenvalue weighted by Gasteiger charge is -2.32. The Morgan fingerprint density at radius 2 is 1.95 bits per heavy atom. The Morgan fingerprint density at radius 3 is 2.58 bits per heavy atom. The molecular formula is C14H17BrN4. The average molecular weight is 321 g/mol. The van der Waals surface area contributed by atoms with E-state index < -0.39 is 0 Å². The number of nitrogens with zero attached hydrogens (tertiary/aromatic N) is 4. The maximum atomic E-state index is 4.39. The minimum atomic E-state index is 0.542. The number of hydrogen-bond donors (Lipinski definition) is 0. The Kier molecular flexibility index (Phi) is 3.94. The summed E-state index contributed by atoms with van der Waals surface area (Å²) >= 11 is 3.46. The lowest BCUT2D eigenvalue weighted by Crippen LogP contribution is -2.34. The van der Waals surface area contributed by atoms with Crippen molar-refractivity contribution in [2.75, 3.05) is 13.1 Å². The van der Waals surface area contributed by atoms with Crippen LogP contribution in [0.25, 0.3) is 0 Å². The SMILES string of the molecule is Brc1cnn(C2CCN(Cc3ccncc3)CC2)c1. The van der Waals surface area contributed by atoms with Gasteiger partial charge in [0.15, 0.2) is 0 Å². The van der Waals surface area contributed by atoms with Crippen molar-refractivity contribution < 1.29 is 0 Å². The Bertz CT molecular complexity index is 517. The molecule has 19 heavy (non-hydrogen) atoms. The van der Waals surface area contributed by atoms with E-state index in [1.54, 1.807) is 0 Å². The number of pyridine rings is 1. The Hall–Kier alpha value is -1.20. The summed E-state index contributed by atoms with van der Waals surface area (Å²) in [6, 6.07) is 4.73. The zero-order chi connectivity index (χ0) is 13.1. The second kappa shape index (κ2) is 5.84.